The zero-order valence-corrected chi connectivity index (χ0v) is 19.4. The first kappa shape index (κ1) is 29.8. The fourth-order valence-electron chi connectivity index (χ4n) is 2.89. The van der Waals surface area contributed by atoms with Crippen LogP contribution in [0.1, 0.15) is 53.4 Å². The van der Waals surface area contributed by atoms with Gasteiger partial charge in [0.1, 0.15) is 18.1 Å². The summed E-state index contributed by atoms with van der Waals surface area (Å²) in [6.45, 7) is 6.89. The van der Waals surface area contributed by atoms with Crippen LogP contribution in [0.15, 0.2) is 0 Å². The molecule has 10 N–H and O–H groups in total. The van der Waals surface area contributed by atoms with Crippen LogP contribution in [0.25, 0.3) is 0 Å². The van der Waals surface area contributed by atoms with E-state index >= 15 is 0 Å². The summed E-state index contributed by atoms with van der Waals surface area (Å²) in [6, 6.07) is -4.88. The number of amides is 5. The van der Waals surface area contributed by atoms with Crippen LogP contribution in [0.5, 0.6) is 0 Å². The van der Waals surface area contributed by atoms with Gasteiger partial charge in [0.2, 0.25) is 29.5 Å². The monoisotopic (exact) mass is 472 g/mol. The highest BCUT2D eigenvalue weighted by Crippen LogP contribution is 2.09. The van der Waals surface area contributed by atoms with E-state index in [2.05, 4.69) is 16.0 Å². The molecule has 0 heterocycles. The summed E-state index contributed by atoms with van der Waals surface area (Å²) in [6.07, 6.45) is -0.709. The van der Waals surface area contributed by atoms with Crippen molar-refractivity contribution in [1.82, 2.24) is 16.0 Å². The Balaban J connectivity index is 5.50. The minimum atomic E-state index is -1.32. The predicted octanol–water partition coefficient (Wildman–Crippen LogP) is -2.30. The van der Waals surface area contributed by atoms with Gasteiger partial charge in [0.25, 0.3) is 0 Å². The van der Waals surface area contributed by atoms with E-state index < -0.39 is 72.0 Å². The lowest BCUT2D eigenvalue weighted by molar-refractivity contribution is -0.143. The normalized spacial score (nSPS) is 14.6. The first-order valence-corrected chi connectivity index (χ1v) is 10.6. The molecule has 0 saturated carbocycles. The minimum Gasteiger partial charge on any atom is -0.480 e. The van der Waals surface area contributed by atoms with Crippen molar-refractivity contribution in [3.63, 3.8) is 0 Å². The van der Waals surface area contributed by atoms with Gasteiger partial charge < -0.3 is 38.3 Å². The second-order valence-corrected chi connectivity index (χ2v) is 8.60. The van der Waals surface area contributed by atoms with Crippen molar-refractivity contribution in [2.75, 3.05) is 0 Å². The van der Waals surface area contributed by atoms with Gasteiger partial charge in [0.05, 0.1) is 12.5 Å². The number of carboxylic acids is 1. The number of carbonyl (C=O) groups excluding carboxylic acids is 5. The Kier molecular flexibility index (Phi) is 12.7. The highest BCUT2D eigenvalue weighted by molar-refractivity contribution is 5.95. The maximum Gasteiger partial charge on any atom is 0.326 e. The summed E-state index contributed by atoms with van der Waals surface area (Å²) < 4.78 is 0. The summed E-state index contributed by atoms with van der Waals surface area (Å²) in [5.74, 6) is -5.56. The lowest BCUT2D eigenvalue weighted by Gasteiger charge is -2.27. The third-order valence-corrected chi connectivity index (χ3v) is 4.64. The van der Waals surface area contributed by atoms with Crippen LogP contribution < -0.4 is 33.2 Å². The molecule has 4 unspecified atom stereocenters. The fourth-order valence-corrected chi connectivity index (χ4v) is 2.89. The van der Waals surface area contributed by atoms with Crippen molar-refractivity contribution in [1.29, 1.82) is 0 Å². The molecular formula is C20H36N6O7. The van der Waals surface area contributed by atoms with Crippen molar-refractivity contribution in [3.8, 4) is 0 Å². The summed E-state index contributed by atoms with van der Waals surface area (Å²) in [4.78, 5) is 71.4. The van der Waals surface area contributed by atoms with Crippen molar-refractivity contribution in [3.05, 3.63) is 0 Å². The van der Waals surface area contributed by atoms with Gasteiger partial charge in [-0.25, -0.2) is 4.79 Å². The molecule has 0 radical (unpaired) electrons. The Morgan fingerprint density at radius 3 is 1.76 bits per heavy atom. The van der Waals surface area contributed by atoms with E-state index in [0.717, 1.165) is 0 Å². The Morgan fingerprint density at radius 2 is 1.33 bits per heavy atom. The molecule has 0 aromatic rings. The lowest BCUT2D eigenvalue weighted by Crippen LogP contribution is -2.58. The van der Waals surface area contributed by atoms with Crippen LogP contribution in [0.2, 0.25) is 0 Å². The minimum absolute atomic E-state index is 0.00325. The summed E-state index contributed by atoms with van der Waals surface area (Å²) >= 11 is 0. The number of carboxylic acid groups (broad SMARTS) is 1. The van der Waals surface area contributed by atoms with E-state index in [9.17, 15) is 33.9 Å². The smallest absolute Gasteiger partial charge is 0.326 e. The largest absolute Gasteiger partial charge is 0.480 e. The van der Waals surface area contributed by atoms with Crippen molar-refractivity contribution >= 4 is 35.5 Å². The predicted molar refractivity (Wildman–Crippen MR) is 118 cm³/mol. The molecule has 0 spiro atoms. The first-order valence-electron chi connectivity index (χ1n) is 10.6. The van der Waals surface area contributed by atoms with Crippen LogP contribution in [-0.4, -0.2) is 64.8 Å². The second-order valence-electron chi connectivity index (χ2n) is 8.60. The topological polar surface area (TPSA) is 237 Å². The molecule has 0 rings (SSSR count). The highest BCUT2D eigenvalue weighted by atomic mass is 16.4. The molecule has 0 aromatic heterocycles. The van der Waals surface area contributed by atoms with Crippen molar-refractivity contribution < 1.29 is 33.9 Å². The van der Waals surface area contributed by atoms with Gasteiger partial charge >= 0.3 is 5.97 Å². The Hall–Kier alpha value is -3.22. The number of aliphatic carboxylic acids is 1. The van der Waals surface area contributed by atoms with Gasteiger partial charge in [-0.3, -0.25) is 24.0 Å². The Labute approximate surface area is 192 Å². The molecular weight excluding hydrogens is 436 g/mol. The zero-order chi connectivity index (χ0) is 25.9. The molecule has 0 aliphatic carbocycles. The molecule has 0 fully saturated rings. The number of rotatable bonds is 15. The molecule has 13 heteroatoms. The van der Waals surface area contributed by atoms with Crippen molar-refractivity contribution in [2.24, 2.45) is 29.0 Å². The third-order valence-electron chi connectivity index (χ3n) is 4.64. The Morgan fingerprint density at radius 1 is 0.788 bits per heavy atom. The van der Waals surface area contributed by atoms with Gasteiger partial charge in [-0.1, -0.05) is 27.7 Å². The zero-order valence-electron chi connectivity index (χ0n) is 19.4. The van der Waals surface area contributed by atoms with E-state index in [1.165, 1.54) is 0 Å². The summed E-state index contributed by atoms with van der Waals surface area (Å²) in [7, 11) is 0. The van der Waals surface area contributed by atoms with Gasteiger partial charge in [-0.2, -0.15) is 0 Å². The third kappa shape index (κ3) is 11.8. The number of nitrogens with one attached hydrogen (secondary N) is 3. The average molecular weight is 473 g/mol. The first-order chi connectivity index (χ1) is 15.1. The van der Waals surface area contributed by atoms with Gasteiger partial charge in [-0.15, -0.1) is 0 Å². The average Bonchev–Trinajstić information content (AvgIpc) is 2.66. The standard InChI is InChI=1S/C20H36N6O7/c1-9(2)7-13(20(32)33)25-19(31)16(10(3)4)26-18(30)12(5-6-14(22)27)24-17(29)11(21)8-15(23)28/h9-13,16H,5-8,21H2,1-4H3,(H2,22,27)(H2,23,28)(H,24,29)(H,25,31)(H,26,30)(H,32,33). The summed E-state index contributed by atoms with van der Waals surface area (Å²) in [5.41, 5.74) is 15.7. The van der Waals surface area contributed by atoms with Crippen LogP contribution in [0, 0.1) is 11.8 Å². The van der Waals surface area contributed by atoms with E-state index in [4.69, 9.17) is 17.2 Å². The molecule has 4 atom stereocenters. The summed E-state index contributed by atoms with van der Waals surface area (Å²) in [5, 5.41) is 16.6. The van der Waals surface area contributed by atoms with Crippen LogP contribution >= 0.6 is 0 Å². The Bertz CT molecular complexity index is 740. The molecule has 13 nitrogen and oxygen atoms in total. The second kappa shape index (κ2) is 14.0. The van der Waals surface area contributed by atoms with Gasteiger partial charge in [-0.05, 0) is 24.7 Å². The van der Waals surface area contributed by atoms with E-state index in [1.54, 1.807) is 27.7 Å². The molecule has 0 aromatic carbocycles. The molecule has 33 heavy (non-hydrogen) atoms. The molecule has 0 aliphatic heterocycles. The molecule has 0 bridgehead atoms. The van der Waals surface area contributed by atoms with Crippen LogP contribution in [0.4, 0.5) is 0 Å². The number of primary amides is 2. The number of carbonyl (C=O) groups is 6. The molecule has 188 valence electrons. The quantitative estimate of drug-likeness (QED) is 0.136. The fraction of sp³-hybridized carbons (Fsp3) is 0.700. The van der Waals surface area contributed by atoms with Crippen molar-refractivity contribution in [2.45, 2.75) is 77.5 Å². The van der Waals surface area contributed by atoms with E-state index in [-0.39, 0.29) is 25.2 Å². The maximum absolute atomic E-state index is 12.8. The number of nitrogens with two attached hydrogens (primary N) is 3. The molecule has 0 aliphatic rings. The van der Waals surface area contributed by atoms with Crippen LogP contribution in [-0.2, 0) is 28.8 Å². The van der Waals surface area contributed by atoms with E-state index in [0.29, 0.717) is 0 Å². The number of hydrogen-bond donors (Lipinski definition) is 7. The molecule has 0 saturated heterocycles. The highest BCUT2D eigenvalue weighted by Gasteiger charge is 2.32. The number of hydrogen-bond acceptors (Lipinski definition) is 7. The molecule has 5 amide bonds. The van der Waals surface area contributed by atoms with Crippen LogP contribution in [0.3, 0.4) is 0 Å². The SMILES string of the molecule is CC(C)CC(NC(=O)C(NC(=O)C(CCC(N)=O)NC(=O)C(N)CC(N)=O)C(C)C)C(=O)O. The van der Waals surface area contributed by atoms with Gasteiger partial charge in [0, 0.05) is 6.42 Å². The lowest BCUT2D eigenvalue weighted by atomic mass is 9.99. The van der Waals surface area contributed by atoms with Gasteiger partial charge in [0.15, 0.2) is 0 Å². The van der Waals surface area contributed by atoms with E-state index in [1.807, 2.05) is 0 Å². The maximum atomic E-state index is 12.8.